The van der Waals surface area contributed by atoms with Crippen molar-refractivity contribution < 1.29 is 8.42 Å². The molecule has 0 saturated carbocycles. The molecule has 1 aromatic carbocycles. The van der Waals surface area contributed by atoms with Crippen molar-refractivity contribution in [3.05, 3.63) is 24.3 Å². The lowest BCUT2D eigenvalue weighted by atomic mass is 10.0. The van der Waals surface area contributed by atoms with Crippen LogP contribution >= 0.6 is 0 Å². The molecule has 0 saturated heterocycles. The number of hydrogen-bond donors (Lipinski definition) is 2. The molecule has 0 radical (unpaired) electrons. The fraction of sp³-hybridized carbons (Fsp3) is 0.571. The summed E-state index contributed by atoms with van der Waals surface area (Å²) in [6.07, 6.45) is 0. The van der Waals surface area contributed by atoms with Crippen molar-refractivity contribution in [3.8, 4) is 0 Å². The summed E-state index contributed by atoms with van der Waals surface area (Å²) in [5.74, 6) is 0. The van der Waals surface area contributed by atoms with Crippen LogP contribution in [0.5, 0.6) is 0 Å². The zero-order valence-corrected chi connectivity index (χ0v) is 13.7. The van der Waals surface area contributed by atoms with Gasteiger partial charge in [-0.2, -0.15) is 0 Å². The van der Waals surface area contributed by atoms with Crippen LogP contribution in [-0.4, -0.2) is 46.0 Å². The molecule has 0 aromatic heterocycles. The molecule has 2 N–H and O–H groups in total. The van der Waals surface area contributed by atoms with Gasteiger partial charge in [-0.25, -0.2) is 13.1 Å². The van der Waals surface area contributed by atoms with Crippen molar-refractivity contribution in [2.75, 3.05) is 32.5 Å². The van der Waals surface area contributed by atoms with Gasteiger partial charge in [-0.05, 0) is 40.1 Å². The van der Waals surface area contributed by atoms with Gasteiger partial charge in [0.1, 0.15) is 4.90 Å². The number of nitrogens with zero attached hydrogens (tertiary/aromatic N) is 1. The Morgan fingerprint density at radius 3 is 2.35 bits per heavy atom. The van der Waals surface area contributed by atoms with Gasteiger partial charge in [0.05, 0.1) is 5.69 Å². The van der Waals surface area contributed by atoms with Crippen molar-refractivity contribution >= 4 is 15.7 Å². The van der Waals surface area contributed by atoms with Crippen LogP contribution < -0.4 is 10.0 Å². The highest BCUT2D eigenvalue weighted by Gasteiger charge is 2.22. The van der Waals surface area contributed by atoms with E-state index in [1.54, 1.807) is 25.1 Å². The van der Waals surface area contributed by atoms with E-state index >= 15 is 0 Å². The Bertz CT molecular complexity index is 539. The maximum atomic E-state index is 12.1. The molecule has 0 bridgehead atoms. The molecule has 0 amide bonds. The number of nitrogens with one attached hydrogen (secondary N) is 2. The number of benzene rings is 1. The van der Waals surface area contributed by atoms with Gasteiger partial charge >= 0.3 is 0 Å². The van der Waals surface area contributed by atoms with Crippen molar-refractivity contribution in [1.29, 1.82) is 0 Å². The second kappa shape index (κ2) is 6.56. The highest BCUT2D eigenvalue weighted by Crippen LogP contribution is 2.22. The van der Waals surface area contributed by atoms with E-state index in [2.05, 4.69) is 28.8 Å². The Balaban J connectivity index is 2.98. The molecule has 0 aliphatic carbocycles. The summed E-state index contributed by atoms with van der Waals surface area (Å²) in [5, 5.41) is 3.24. The number of rotatable bonds is 7. The summed E-state index contributed by atoms with van der Waals surface area (Å²) in [5.41, 5.74) is 0.554. The maximum absolute atomic E-state index is 12.1. The summed E-state index contributed by atoms with van der Waals surface area (Å²) >= 11 is 0. The lowest BCUT2D eigenvalue weighted by molar-refractivity contribution is 0.210. The number of anilines is 1. The standard InChI is InChI=1S/C14H25N3O2S/c1-6-16-20(18,19)13-10-8-7-9-12(13)15-11-14(2,3)17(4)5/h7-10,15-16H,6,11H2,1-5H3. The van der Waals surface area contributed by atoms with Crippen molar-refractivity contribution in [2.45, 2.75) is 31.2 Å². The first-order valence-corrected chi connectivity index (χ1v) is 8.19. The molecule has 0 unspecified atom stereocenters. The lowest BCUT2D eigenvalue weighted by Crippen LogP contribution is -2.44. The van der Waals surface area contributed by atoms with Crippen molar-refractivity contribution in [2.24, 2.45) is 0 Å². The molecule has 0 spiro atoms. The SMILES string of the molecule is CCNS(=O)(=O)c1ccccc1NCC(C)(C)N(C)C. The monoisotopic (exact) mass is 299 g/mol. The Morgan fingerprint density at radius 2 is 1.80 bits per heavy atom. The highest BCUT2D eigenvalue weighted by molar-refractivity contribution is 7.89. The molecule has 20 heavy (non-hydrogen) atoms. The zero-order valence-electron chi connectivity index (χ0n) is 12.9. The Labute approximate surface area is 122 Å². The number of para-hydroxylation sites is 1. The molecule has 0 aliphatic rings. The molecule has 0 fully saturated rings. The van der Waals surface area contributed by atoms with Crippen molar-refractivity contribution in [1.82, 2.24) is 9.62 Å². The number of likely N-dealkylation sites (N-methyl/N-ethyl adjacent to an activating group) is 1. The number of hydrogen-bond acceptors (Lipinski definition) is 4. The van der Waals surface area contributed by atoms with Gasteiger partial charge in [0.2, 0.25) is 10.0 Å². The second-order valence-electron chi connectivity index (χ2n) is 5.56. The molecule has 0 heterocycles. The third-order valence-electron chi connectivity index (χ3n) is 3.43. The van der Waals surface area contributed by atoms with Crippen LogP contribution in [0, 0.1) is 0 Å². The molecule has 0 aliphatic heterocycles. The van der Waals surface area contributed by atoms with Crippen molar-refractivity contribution in [3.63, 3.8) is 0 Å². The summed E-state index contributed by atoms with van der Waals surface area (Å²) in [4.78, 5) is 2.39. The summed E-state index contributed by atoms with van der Waals surface area (Å²) in [7, 11) is 0.551. The van der Waals surface area contributed by atoms with E-state index in [0.717, 1.165) is 0 Å². The van der Waals surface area contributed by atoms with E-state index in [1.165, 1.54) is 0 Å². The van der Waals surface area contributed by atoms with Gasteiger partial charge in [0, 0.05) is 18.6 Å². The minimum atomic E-state index is -3.46. The van der Waals surface area contributed by atoms with Crippen LogP contribution in [0.25, 0.3) is 0 Å². The van der Waals surface area contributed by atoms with Gasteiger partial charge in [-0.3, -0.25) is 0 Å². The Kier molecular flexibility index (Phi) is 5.56. The van der Waals surface area contributed by atoms with Crippen LogP contribution in [0.3, 0.4) is 0 Å². The third-order valence-corrected chi connectivity index (χ3v) is 5.04. The summed E-state index contributed by atoms with van der Waals surface area (Å²) in [6.45, 7) is 6.99. The van der Waals surface area contributed by atoms with Gasteiger partial charge in [-0.1, -0.05) is 19.1 Å². The van der Waals surface area contributed by atoms with Crippen LogP contribution in [0.2, 0.25) is 0 Å². The predicted octanol–water partition coefficient (Wildman–Crippen LogP) is 1.74. The zero-order chi connectivity index (χ0) is 15.4. The maximum Gasteiger partial charge on any atom is 0.242 e. The van der Waals surface area contributed by atoms with E-state index in [0.29, 0.717) is 18.8 Å². The van der Waals surface area contributed by atoms with Gasteiger partial charge in [0.15, 0.2) is 0 Å². The molecular weight excluding hydrogens is 274 g/mol. The average molecular weight is 299 g/mol. The molecule has 0 atom stereocenters. The number of sulfonamides is 1. The topological polar surface area (TPSA) is 61.4 Å². The second-order valence-corrected chi connectivity index (χ2v) is 7.29. The fourth-order valence-electron chi connectivity index (χ4n) is 1.58. The summed E-state index contributed by atoms with van der Waals surface area (Å²) in [6, 6.07) is 6.96. The molecule has 5 nitrogen and oxygen atoms in total. The minimum Gasteiger partial charge on any atom is -0.382 e. The van der Waals surface area contributed by atoms with E-state index < -0.39 is 10.0 Å². The Morgan fingerprint density at radius 1 is 1.20 bits per heavy atom. The van der Waals surface area contributed by atoms with E-state index in [-0.39, 0.29) is 10.4 Å². The lowest BCUT2D eigenvalue weighted by Gasteiger charge is -2.33. The molecule has 114 valence electrons. The van der Waals surface area contributed by atoms with Crippen LogP contribution in [-0.2, 0) is 10.0 Å². The van der Waals surface area contributed by atoms with E-state index in [4.69, 9.17) is 0 Å². The normalized spacial score (nSPS) is 12.7. The Hall–Kier alpha value is -1.11. The first-order valence-electron chi connectivity index (χ1n) is 6.70. The largest absolute Gasteiger partial charge is 0.382 e. The fourth-order valence-corrected chi connectivity index (χ4v) is 2.81. The molecule has 1 aromatic rings. The molecule has 1 rings (SSSR count). The third kappa shape index (κ3) is 4.19. The van der Waals surface area contributed by atoms with Crippen LogP contribution in [0.4, 0.5) is 5.69 Å². The van der Waals surface area contributed by atoms with Gasteiger partial charge < -0.3 is 10.2 Å². The van der Waals surface area contributed by atoms with E-state index in [9.17, 15) is 8.42 Å². The quantitative estimate of drug-likeness (QED) is 0.805. The van der Waals surface area contributed by atoms with E-state index in [1.807, 2.05) is 20.2 Å². The smallest absolute Gasteiger partial charge is 0.242 e. The van der Waals surface area contributed by atoms with Gasteiger partial charge in [-0.15, -0.1) is 0 Å². The molecular formula is C14H25N3O2S. The minimum absolute atomic E-state index is 0.0743. The molecule has 6 heteroatoms. The highest BCUT2D eigenvalue weighted by atomic mass is 32.2. The van der Waals surface area contributed by atoms with Crippen LogP contribution in [0.1, 0.15) is 20.8 Å². The van der Waals surface area contributed by atoms with Crippen LogP contribution in [0.15, 0.2) is 29.2 Å². The van der Waals surface area contributed by atoms with Gasteiger partial charge in [0.25, 0.3) is 0 Å². The first kappa shape index (κ1) is 16.9. The predicted molar refractivity (Wildman–Crippen MR) is 83.6 cm³/mol. The summed E-state index contributed by atoms with van der Waals surface area (Å²) < 4.78 is 26.8. The first-order chi connectivity index (χ1) is 9.20. The average Bonchev–Trinajstić information content (AvgIpc) is 2.36.